The van der Waals surface area contributed by atoms with E-state index in [-0.39, 0.29) is 36.2 Å². The van der Waals surface area contributed by atoms with Crippen molar-refractivity contribution in [3.63, 3.8) is 0 Å². The lowest BCUT2D eigenvalue weighted by atomic mass is 10.1. The third-order valence-electron chi connectivity index (χ3n) is 10.7. The van der Waals surface area contributed by atoms with Gasteiger partial charge in [-0.2, -0.15) is 0 Å². The second kappa shape index (κ2) is 45.8. The number of carbonyl (C=O) groups is 3. The highest BCUT2D eigenvalue weighted by Gasteiger charge is 2.31. The van der Waals surface area contributed by atoms with E-state index in [0.29, 0.717) is 25.7 Å². The van der Waals surface area contributed by atoms with E-state index < -0.39 is 18.1 Å². The van der Waals surface area contributed by atoms with Crippen LogP contribution in [0.1, 0.15) is 187 Å². The number of allylic oxidation sites excluding steroid dienone is 16. The molecule has 2 atom stereocenters. The Kier molecular flexibility index (Phi) is 43.1. The number of ether oxygens (including phenoxy) is 3. The molecule has 0 amide bonds. The van der Waals surface area contributed by atoms with Gasteiger partial charge < -0.3 is 23.8 Å². The summed E-state index contributed by atoms with van der Waals surface area (Å²) in [6, 6.07) is -0.628. The molecule has 0 aromatic heterocycles. The van der Waals surface area contributed by atoms with Crippen LogP contribution in [-0.2, 0) is 28.6 Å². The second-order valence-corrected chi connectivity index (χ2v) is 17.7. The molecule has 64 heavy (non-hydrogen) atoms. The number of carbonyl (C=O) groups excluding carboxylic acids is 2. The zero-order valence-electron chi connectivity index (χ0n) is 41.4. The zero-order valence-corrected chi connectivity index (χ0v) is 41.4. The van der Waals surface area contributed by atoms with Gasteiger partial charge in [-0.15, -0.1) is 0 Å². The van der Waals surface area contributed by atoms with Crippen LogP contribution in [0, 0.1) is 0 Å². The normalized spacial score (nSPS) is 13.7. The fourth-order valence-corrected chi connectivity index (χ4v) is 6.85. The van der Waals surface area contributed by atoms with Crippen LogP contribution in [-0.4, -0.2) is 80.6 Å². The Morgan fingerprint density at radius 2 is 0.922 bits per heavy atom. The van der Waals surface area contributed by atoms with E-state index in [1.165, 1.54) is 70.6 Å². The highest BCUT2D eigenvalue weighted by atomic mass is 16.6. The Morgan fingerprint density at radius 1 is 0.500 bits per heavy atom. The largest absolute Gasteiger partial charge is 0.477 e. The Labute approximate surface area is 392 Å². The fourth-order valence-electron chi connectivity index (χ4n) is 6.85. The number of hydrogen-bond acceptors (Lipinski definition) is 6. The Morgan fingerprint density at radius 3 is 1.42 bits per heavy atom. The van der Waals surface area contributed by atoms with Crippen molar-refractivity contribution in [1.82, 2.24) is 0 Å². The van der Waals surface area contributed by atoms with Crippen molar-refractivity contribution in [2.24, 2.45) is 0 Å². The molecule has 0 aliphatic carbocycles. The van der Waals surface area contributed by atoms with Crippen LogP contribution >= 0.6 is 0 Å². The molecule has 0 aromatic rings. The van der Waals surface area contributed by atoms with Crippen LogP contribution in [0.3, 0.4) is 0 Å². The highest BCUT2D eigenvalue weighted by Crippen LogP contribution is 2.14. The van der Waals surface area contributed by atoms with Gasteiger partial charge in [-0.1, -0.05) is 175 Å². The summed E-state index contributed by atoms with van der Waals surface area (Å²) >= 11 is 0. The van der Waals surface area contributed by atoms with Crippen molar-refractivity contribution in [2.45, 2.75) is 199 Å². The molecule has 0 bridgehead atoms. The molecule has 0 heterocycles. The average molecular weight is 893 g/mol. The van der Waals surface area contributed by atoms with E-state index in [4.69, 9.17) is 14.2 Å². The number of rotatable bonds is 44. The van der Waals surface area contributed by atoms with Crippen LogP contribution in [0.2, 0.25) is 0 Å². The van der Waals surface area contributed by atoms with E-state index >= 15 is 0 Å². The van der Waals surface area contributed by atoms with Gasteiger partial charge in [0, 0.05) is 19.3 Å². The standard InChI is InChI=1S/C56H93NO7/c1-6-8-10-12-14-16-18-20-22-24-26-27-29-30-32-34-36-38-40-42-44-46-54(58)63-51-52(50-62-49-48-53(56(60)61)57(3,4)5)64-55(59)47-45-43-41-39-37-35-33-31-28-25-23-21-19-17-15-13-11-9-7-2/h8,10,14-17,19-22,26-27,30,32,36,38,52-53H,6-7,9,11-13,18,23-25,28-29,31,33-35,37,39-51H2,1-5H3/p+1/b10-8+,16-14+,17-15+,21-19+,22-20+,27-26+,32-30+,38-36+. The van der Waals surface area contributed by atoms with Gasteiger partial charge in [0.05, 0.1) is 34.4 Å². The van der Waals surface area contributed by atoms with Crippen molar-refractivity contribution in [3.8, 4) is 0 Å². The summed E-state index contributed by atoms with van der Waals surface area (Å²) in [6.07, 6.45) is 61.7. The number of nitrogens with zero attached hydrogens (tertiary/aromatic N) is 1. The quantitative estimate of drug-likeness (QED) is 0.0214. The molecule has 364 valence electrons. The third-order valence-corrected chi connectivity index (χ3v) is 10.7. The van der Waals surface area contributed by atoms with E-state index in [9.17, 15) is 19.5 Å². The van der Waals surface area contributed by atoms with Crippen molar-refractivity contribution < 1.29 is 38.2 Å². The van der Waals surface area contributed by atoms with Crippen molar-refractivity contribution in [1.29, 1.82) is 0 Å². The number of carboxylic acids is 1. The van der Waals surface area contributed by atoms with Crippen molar-refractivity contribution in [2.75, 3.05) is 41.0 Å². The van der Waals surface area contributed by atoms with E-state index in [1.54, 1.807) is 0 Å². The maximum absolute atomic E-state index is 12.8. The summed E-state index contributed by atoms with van der Waals surface area (Å²) in [7, 11) is 5.51. The molecule has 0 rings (SSSR count). The lowest BCUT2D eigenvalue weighted by Crippen LogP contribution is -2.50. The number of unbranched alkanes of at least 4 members (excludes halogenated alkanes) is 15. The second-order valence-electron chi connectivity index (χ2n) is 17.7. The summed E-state index contributed by atoms with van der Waals surface area (Å²) in [5.41, 5.74) is 0. The van der Waals surface area contributed by atoms with Crippen LogP contribution < -0.4 is 0 Å². The molecule has 2 unspecified atom stereocenters. The molecular formula is C56H94NO7+. The first-order valence-corrected chi connectivity index (χ1v) is 25.3. The molecule has 0 aliphatic heterocycles. The number of quaternary nitrogens is 1. The summed E-state index contributed by atoms with van der Waals surface area (Å²) in [4.78, 5) is 37.1. The molecule has 0 radical (unpaired) electrons. The van der Waals surface area contributed by atoms with Gasteiger partial charge >= 0.3 is 17.9 Å². The van der Waals surface area contributed by atoms with Gasteiger partial charge in [-0.3, -0.25) is 9.59 Å². The number of likely N-dealkylation sites (N-methyl/N-ethyl adjacent to an activating group) is 1. The molecule has 0 aliphatic rings. The molecule has 0 saturated heterocycles. The van der Waals surface area contributed by atoms with Gasteiger partial charge in [0.25, 0.3) is 0 Å². The van der Waals surface area contributed by atoms with Gasteiger partial charge in [-0.25, -0.2) is 4.79 Å². The van der Waals surface area contributed by atoms with Crippen molar-refractivity contribution >= 4 is 17.9 Å². The Hall–Kier alpha value is -3.75. The molecule has 0 aromatic carbocycles. The number of aliphatic carboxylic acids is 1. The van der Waals surface area contributed by atoms with Gasteiger partial charge in [0.15, 0.2) is 12.1 Å². The maximum atomic E-state index is 12.8. The number of hydrogen-bond donors (Lipinski definition) is 1. The van der Waals surface area contributed by atoms with Crippen LogP contribution in [0.25, 0.3) is 0 Å². The first-order chi connectivity index (χ1) is 31.1. The molecule has 0 fully saturated rings. The summed E-state index contributed by atoms with van der Waals surface area (Å²) in [5.74, 6) is -1.54. The first kappa shape index (κ1) is 60.2. The number of carboxylic acid groups (broad SMARTS) is 1. The predicted molar refractivity (Wildman–Crippen MR) is 270 cm³/mol. The monoisotopic (exact) mass is 893 g/mol. The SMILES string of the molecule is CC/C=C/C/C=C/C/C=C/C/C=C/C/C=C/C/C=C/CCCCC(=O)OCC(COCCC(C(=O)O)[N+](C)(C)C)OC(=O)CCCCCCCCCCCC/C=C/C=C/CCCCC. The van der Waals surface area contributed by atoms with Gasteiger partial charge in [0.1, 0.15) is 6.61 Å². The van der Waals surface area contributed by atoms with Crippen LogP contribution in [0.15, 0.2) is 97.2 Å². The maximum Gasteiger partial charge on any atom is 0.362 e. The molecule has 0 spiro atoms. The molecule has 8 nitrogen and oxygen atoms in total. The zero-order chi connectivity index (χ0) is 47.0. The average Bonchev–Trinajstić information content (AvgIpc) is 3.26. The summed E-state index contributed by atoms with van der Waals surface area (Å²) in [6.45, 7) is 4.54. The first-order valence-electron chi connectivity index (χ1n) is 25.3. The van der Waals surface area contributed by atoms with E-state index in [2.05, 4.69) is 111 Å². The fraction of sp³-hybridized carbons (Fsp3) is 0.661. The molecule has 0 saturated carbocycles. The summed E-state index contributed by atoms with van der Waals surface area (Å²) in [5, 5.41) is 9.65. The minimum absolute atomic E-state index is 0.0401. The van der Waals surface area contributed by atoms with E-state index in [0.717, 1.165) is 77.0 Å². The van der Waals surface area contributed by atoms with Crippen molar-refractivity contribution in [3.05, 3.63) is 97.2 Å². The number of esters is 2. The Balaban J connectivity index is 4.37. The topological polar surface area (TPSA) is 99.1 Å². The lowest BCUT2D eigenvalue weighted by molar-refractivity contribution is -0.887. The minimum atomic E-state index is -0.885. The lowest BCUT2D eigenvalue weighted by Gasteiger charge is -2.31. The highest BCUT2D eigenvalue weighted by molar-refractivity contribution is 5.72. The minimum Gasteiger partial charge on any atom is -0.477 e. The molecule has 1 N–H and O–H groups in total. The van der Waals surface area contributed by atoms with Crippen LogP contribution in [0.5, 0.6) is 0 Å². The smallest absolute Gasteiger partial charge is 0.362 e. The van der Waals surface area contributed by atoms with Crippen LogP contribution in [0.4, 0.5) is 0 Å². The van der Waals surface area contributed by atoms with Gasteiger partial charge in [-0.05, 0) is 89.9 Å². The van der Waals surface area contributed by atoms with E-state index in [1.807, 2.05) is 21.1 Å². The summed E-state index contributed by atoms with van der Waals surface area (Å²) < 4.78 is 17.3. The Bertz CT molecular complexity index is 1360. The molecule has 8 heteroatoms. The molecular weight excluding hydrogens is 799 g/mol. The van der Waals surface area contributed by atoms with Gasteiger partial charge in [0.2, 0.25) is 0 Å². The third kappa shape index (κ3) is 43.5. The predicted octanol–water partition coefficient (Wildman–Crippen LogP) is 14.6.